The summed E-state index contributed by atoms with van der Waals surface area (Å²) in [4.78, 5) is 28.2. The van der Waals surface area contributed by atoms with Crippen LogP contribution in [0.2, 0.25) is 5.02 Å². The molecule has 0 radical (unpaired) electrons. The molecule has 3 rings (SSSR count). The van der Waals surface area contributed by atoms with Crippen LogP contribution in [0.25, 0.3) is 0 Å². The lowest BCUT2D eigenvalue weighted by molar-refractivity contribution is -0.139. The van der Waals surface area contributed by atoms with E-state index in [1.54, 1.807) is 49.4 Å². The highest BCUT2D eigenvalue weighted by Gasteiger charge is 2.32. The van der Waals surface area contributed by atoms with Crippen molar-refractivity contribution in [3.8, 4) is 0 Å². The topological polar surface area (TPSA) is 86.8 Å². The second-order valence-corrected chi connectivity index (χ2v) is 11.4. The van der Waals surface area contributed by atoms with E-state index < -0.39 is 28.5 Å². The molecule has 0 aromatic heterocycles. The summed E-state index contributed by atoms with van der Waals surface area (Å²) in [5.41, 5.74) is 2.18. The van der Waals surface area contributed by atoms with Gasteiger partial charge in [0.05, 0.1) is 10.6 Å². The molecule has 2 amide bonds. The zero-order valence-corrected chi connectivity index (χ0v) is 23.0. The van der Waals surface area contributed by atoms with Gasteiger partial charge in [0.15, 0.2) is 0 Å². The van der Waals surface area contributed by atoms with Gasteiger partial charge < -0.3 is 10.2 Å². The molecule has 1 N–H and O–H groups in total. The molecule has 37 heavy (non-hydrogen) atoms. The fourth-order valence-corrected chi connectivity index (χ4v) is 5.29. The number of benzene rings is 3. The zero-order valence-electron chi connectivity index (χ0n) is 21.4. The minimum atomic E-state index is -4.10. The first-order chi connectivity index (χ1) is 17.5. The number of nitrogens with zero attached hydrogens (tertiary/aromatic N) is 2. The Hall–Kier alpha value is -3.36. The predicted octanol–water partition coefficient (Wildman–Crippen LogP) is 4.79. The van der Waals surface area contributed by atoms with Crippen LogP contribution in [0.5, 0.6) is 0 Å². The highest BCUT2D eigenvalue weighted by molar-refractivity contribution is 7.92. The van der Waals surface area contributed by atoms with Crippen molar-refractivity contribution in [2.75, 3.05) is 10.8 Å². The van der Waals surface area contributed by atoms with Gasteiger partial charge in [0.2, 0.25) is 11.8 Å². The van der Waals surface area contributed by atoms with Crippen LogP contribution in [0, 0.1) is 6.92 Å². The fraction of sp³-hybridized carbons (Fsp3) is 0.286. The van der Waals surface area contributed by atoms with Gasteiger partial charge in [-0.15, -0.1) is 0 Å². The zero-order chi connectivity index (χ0) is 27.2. The molecule has 0 fully saturated rings. The summed E-state index contributed by atoms with van der Waals surface area (Å²) < 4.78 is 28.4. The second kappa shape index (κ2) is 12.3. The Bertz CT molecular complexity index is 1310. The summed E-state index contributed by atoms with van der Waals surface area (Å²) in [5, 5.41) is 3.28. The maximum absolute atomic E-state index is 13.8. The average molecular weight is 542 g/mol. The number of rotatable bonds is 10. The normalized spacial score (nSPS) is 12.2. The third-order valence-electron chi connectivity index (χ3n) is 5.80. The van der Waals surface area contributed by atoms with Gasteiger partial charge in [-0.25, -0.2) is 8.42 Å². The lowest BCUT2D eigenvalue weighted by Crippen LogP contribution is -2.52. The highest BCUT2D eigenvalue weighted by Crippen LogP contribution is 2.26. The Morgan fingerprint density at radius 3 is 2.05 bits per heavy atom. The smallest absolute Gasteiger partial charge is 0.264 e. The van der Waals surface area contributed by atoms with E-state index in [0.717, 1.165) is 15.4 Å². The largest absolute Gasteiger partial charge is 0.352 e. The van der Waals surface area contributed by atoms with E-state index in [0.29, 0.717) is 5.02 Å². The number of sulfonamides is 1. The van der Waals surface area contributed by atoms with Gasteiger partial charge in [-0.1, -0.05) is 59.6 Å². The van der Waals surface area contributed by atoms with Crippen LogP contribution in [0.15, 0.2) is 83.8 Å². The quantitative estimate of drug-likeness (QED) is 0.400. The van der Waals surface area contributed by atoms with Gasteiger partial charge in [0.1, 0.15) is 12.6 Å². The number of hydrogen-bond acceptors (Lipinski definition) is 4. The molecule has 0 bridgehead atoms. The van der Waals surface area contributed by atoms with Crippen molar-refractivity contribution in [3.63, 3.8) is 0 Å². The first kappa shape index (κ1) is 28.2. The monoisotopic (exact) mass is 541 g/mol. The van der Waals surface area contributed by atoms with E-state index in [-0.39, 0.29) is 29.1 Å². The molecule has 0 aliphatic heterocycles. The van der Waals surface area contributed by atoms with Crippen LogP contribution >= 0.6 is 11.6 Å². The summed E-state index contributed by atoms with van der Waals surface area (Å²) >= 11 is 6.04. The Morgan fingerprint density at radius 2 is 1.49 bits per heavy atom. The van der Waals surface area contributed by atoms with E-state index in [9.17, 15) is 18.0 Å². The minimum absolute atomic E-state index is 0.0495. The number of amides is 2. The second-order valence-electron chi connectivity index (χ2n) is 9.15. The maximum Gasteiger partial charge on any atom is 0.264 e. The highest BCUT2D eigenvalue weighted by atomic mass is 35.5. The van der Waals surface area contributed by atoms with Crippen LogP contribution in [0.4, 0.5) is 5.69 Å². The molecule has 0 saturated carbocycles. The van der Waals surface area contributed by atoms with Gasteiger partial charge in [0, 0.05) is 17.6 Å². The predicted molar refractivity (Wildman–Crippen MR) is 147 cm³/mol. The van der Waals surface area contributed by atoms with Crippen molar-refractivity contribution in [2.45, 2.75) is 51.2 Å². The third-order valence-corrected chi connectivity index (χ3v) is 7.84. The molecular weight excluding hydrogens is 510 g/mol. The van der Waals surface area contributed by atoms with Gasteiger partial charge in [-0.2, -0.15) is 0 Å². The Kier molecular flexibility index (Phi) is 9.34. The standard InChI is InChI=1S/C28H32ClN3O4S/c1-20(2)30-28(34)22(4)31(18-23-12-10-21(3)11-13-23)27(33)19-32(25-16-14-24(29)15-17-25)37(35,36)26-8-6-5-7-9-26/h5-17,20,22H,18-19H2,1-4H3,(H,30,34)/t22-/m0/s1. The summed E-state index contributed by atoms with van der Waals surface area (Å²) in [5.74, 6) is -0.833. The summed E-state index contributed by atoms with van der Waals surface area (Å²) in [7, 11) is -4.10. The summed E-state index contributed by atoms with van der Waals surface area (Å²) in [6.07, 6.45) is 0. The molecule has 7 nitrogen and oxygen atoms in total. The Labute approximate surface area is 224 Å². The summed E-state index contributed by atoms with van der Waals surface area (Å²) in [6.45, 7) is 6.93. The maximum atomic E-state index is 13.8. The first-order valence-corrected chi connectivity index (χ1v) is 13.8. The van der Waals surface area contributed by atoms with Crippen LogP contribution in [0.1, 0.15) is 31.9 Å². The van der Waals surface area contributed by atoms with E-state index in [4.69, 9.17) is 11.6 Å². The summed E-state index contributed by atoms with van der Waals surface area (Å²) in [6, 6.07) is 20.8. The molecule has 9 heteroatoms. The first-order valence-electron chi connectivity index (χ1n) is 12.0. The van der Waals surface area contributed by atoms with Crippen molar-refractivity contribution in [1.82, 2.24) is 10.2 Å². The van der Waals surface area contributed by atoms with Gasteiger partial charge in [-0.05, 0) is 69.7 Å². The number of halogens is 1. The molecule has 3 aromatic rings. The molecule has 0 spiro atoms. The molecule has 0 heterocycles. The molecule has 1 atom stereocenters. The van der Waals surface area contributed by atoms with Crippen molar-refractivity contribution in [2.24, 2.45) is 0 Å². The molecule has 196 valence electrons. The average Bonchev–Trinajstić information content (AvgIpc) is 2.87. The van der Waals surface area contributed by atoms with Crippen molar-refractivity contribution >= 4 is 39.1 Å². The minimum Gasteiger partial charge on any atom is -0.352 e. The molecule has 0 aliphatic rings. The SMILES string of the molecule is Cc1ccc(CN(C(=O)CN(c2ccc(Cl)cc2)S(=O)(=O)c2ccccc2)[C@@H](C)C(=O)NC(C)C)cc1. The Morgan fingerprint density at radius 1 is 0.892 bits per heavy atom. The van der Waals surface area contributed by atoms with E-state index in [2.05, 4.69) is 5.32 Å². The van der Waals surface area contributed by atoms with Crippen molar-refractivity contribution in [3.05, 3.63) is 95.0 Å². The van der Waals surface area contributed by atoms with Gasteiger partial charge >= 0.3 is 0 Å². The van der Waals surface area contributed by atoms with Crippen molar-refractivity contribution in [1.29, 1.82) is 0 Å². The third kappa shape index (κ3) is 7.33. The number of carbonyl (C=O) groups is 2. The number of aryl methyl sites for hydroxylation is 1. The van der Waals surface area contributed by atoms with Crippen LogP contribution in [0.3, 0.4) is 0 Å². The number of carbonyl (C=O) groups excluding carboxylic acids is 2. The van der Waals surface area contributed by atoms with E-state index >= 15 is 0 Å². The number of anilines is 1. The Balaban J connectivity index is 2.00. The van der Waals surface area contributed by atoms with Crippen molar-refractivity contribution < 1.29 is 18.0 Å². The fourth-order valence-electron chi connectivity index (χ4n) is 3.73. The van der Waals surface area contributed by atoms with E-state index in [1.807, 2.05) is 45.0 Å². The van der Waals surface area contributed by atoms with Gasteiger partial charge in [-0.3, -0.25) is 13.9 Å². The molecule has 0 saturated heterocycles. The van der Waals surface area contributed by atoms with E-state index in [1.165, 1.54) is 17.0 Å². The van der Waals surface area contributed by atoms with Gasteiger partial charge in [0.25, 0.3) is 10.0 Å². The molecular formula is C28H32ClN3O4S. The molecule has 0 aliphatic carbocycles. The number of nitrogens with one attached hydrogen (secondary N) is 1. The van der Waals surface area contributed by atoms with Crippen LogP contribution in [-0.2, 0) is 26.2 Å². The van der Waals surface area contributed by atoms with Crippen LogP contribution in [-0.4, -0.2) is 43.8 Å². The molecule has 0 unspecified atom stereocenters. The molecule has 3 aromatic carbocycles. The van der Waals surface area contributed by atoms with Crippen LogP contribution < -0.4 is 9.62 Å². The lowest BCUT2D eigenvalue weighted by atomic mass is 10.1. The lowest BCUT2D eigenvalue weighted by Gasteiger charge is -2.32. The number of hydrogen-bond donors (Lipinski definition) is 1.